The molecule has 2 aliphatic rings. The fraction of sp³-hybridized carbons (Fsp3) is 1.00. The van der Waals surface area contributed by atoms with Crippen LogP contribution in [0.15, 0.2) is 0 Å². The minimum absolute atomic E-state index is 0.0355. The maximum Gasteiger partial charge on any atom is 0.155 e. The molecule has 0 aromatic carbocycles. The van der Waals surface area contributed by atoms with Crippen LogP contribution in [0.4, 0.5) is 0 Å². The molecule has 100 valence electrons. The largest absolute Gasteiger partial charge is 0.389 e. The molecule has 2 rings (SSSR count). The van der Waals surface area contributed by atoms with E-state index in [9.17, 15) is 13.5 Å². The van der Waals surface area contributed by atoms with Crippen LogP contribution in [-0.4, -0.2) is 56.4 Å². The van der Waals surface area contributed by atoms with Crippen LogP contribution in [-0.2, 0) is 14.6 Å². The Morgan fingerprint density at radius 2 is 2.12 bits per heavy atom. The molecule has 0 saturated carbocycles. The monoisotopic (exact) mass is 263 g/mol. The number of hydrogen-bond donors (Lipinski definition) is 2. The summed E-state index contributed by atoms with van der Waals surface area (Å²) >= 11 is 0. The first kappa shape index (κ1) is 13.3. The van der Waals surface area contributed by atoms with Gasteiger partial charge in [-0.2, -0.15) is 0 Å². The first-order valence-electron chi connectivity index (χ1n) is 6.30. The van der Waals surface area contributed by atoms with Crippen molar-refractivity contribution < 1.29 is 18.3 Å². The normalized spacial score (nSPS) is 37.1. The van der Waals surface area contributed by atoms with E-state index in [4.69, 9.17) is 4.74 Å². The number of nitrogens with one attached hydrogen (secondary N) is 1. The summed E-state index contributed by atoms with van der Waals surface area (Å²) in [6.45, 7) is 1.58. The molecule has 2 heterocycles. The number of sulfone groups is 1. The van der Waals surface area contributed by atoms with E-state index < -0.39 is 22.0 Å². The van der Waals surface area contributed by atoms with Crippen molar-refractivity contribution >= 4 is 9.84 Å². The lowest BCUT2D eigenvalue weighted by atomic mass is 10.0. The van der Waals surface area contributed by atoms with Crippen molar-refractivity contribution in [1.82, 2.24) is 5.32 Å². The Morgan fingerprint density at radius 1 is 1.29 bits per heavy atom. The molecule has 3 unspecified atom stereocenters. The SMILES string of the molecule is O=S1(=O)CC(O)C(OCCC2CCCCN2)C1. The molecule has 0 aromatic rings. The van der Waals surface area contributed by atoms with Crippen molar-refractivity contribution in [2.45, 2.75) is 43.9 Å². The van der Waals surface area contributed by atoms with Crippen LogP contribution in [0, 0.1) is 0 Å². The fourth-order valence-corrected chi connectivity index (χ4v) is 4.18. The zero-order chi connectivity index (χ0) is 12.3. The standard InChI is InChI=1S/C11H21NO4S/c13-10-7-17(14,15)8-11(10)16-6-4-9-3-1-2-5-12-9/h9-13H,1-8H2. The van der Waals surface area contributed by atoms with E-state index >= 15 is 0 Å². The van der Waals surface area contributed by atoms with Gasteiger partial charge < -0.3 is 15.2 Å². The number of aliphatic hydroxyl groups is 1. The molecule has 2 fully saturated rings. The number of aliphatic hydroxyl groups excluding tert-OH is 1. The van der Waals surface area contributed by atoms with Crippen molar-refractivity contribution in [2.75, 3.05) is 24.7 Å². The lowest BCUT2D eigenvalue weighted by Crippen LogP contribution is -2.36. The summed E-state index contributed by atoms with van der Waals surface area (Å²) < 4.78 is 28.0. The Bertz CT molecular complexity index is 337. The first-order valence-corrected chi connectivity index (χ1v) is 8.12. The van der Waals surface area contributed by atoms with Gasteiger partial charge >= 0.3 is 0 Å². The number of hydrogen-bond acceptors (Lipinski definition) is 5. The van der Waals surface area contributed by atoms with Crippen LogP contribution in [0.5, 0.6) is 0 Å². The van der Waals surface area contributed by atoms with Gasteiger partial charge in [0.05, 0.1) is 23.7 Å². The van der Waals surface area contributed by atoms with Gasteiger partial charge in [0.1, 0.15) is 0 Å². The minimum atomic E-state index is -3.09. The van der Waals surface area contributed by atoms with Crippen LogP contribution < -0.4 is 5.32 Å². The number of piperidine rings is 1. The van der Waals surface area contributed by atoms with Crippen LogP contribution in [0.3, 0.4) is 0 Å². The second-order valence-electron chi connectivity index (χ2n) is 4.99. The Morgan fingerprint density at radius 3 is 2.71 bits per heavy atom. The van der Waals surface area contributed by atoms with E-state index in [-0.39, 0.29) is 11.5 Å². The lowest BCUT2D eigenvalue weighted by molar-refractivity contribution is -0.0114. The molecule has 0 radical (unpaired) electrons. The number of rotatable bonds is 4. The molecule has 0 aliphatic carbocycles. The Hall–Kier alpha value is -0.170. The molecule has 2 saturated heterocycles. The highest BCUT2D eigenvalue weighted by Gasteiger charge is 2.37. The van der Waals surface area contributed by atoms with Gasteiger partial charge in [-0.15, -0.1) is 0 Å². The van der Waals surface area contributed by atoms with Gasteiger partial charge in [-0.05, 0) is 25.8 Å². The van der Waals surface area contributed by atoms with Crippen molar-refractivity contribution in [3.63, 3.8) is 0 Å². The molecule has 17 heavy (non-hydrogen) atoms. The summed E-state index contributed by atoms with van der Waals surface area (Å²) in [5.41, 5.74) is 0. The fourth-order valence-electron chi connectivity index (χ4n) is 2.49. The zero-order valence-electron chi connectivity index (χ0n) is 9.97. The van der Waals surface area contributed by atoms with Crippen LogP contribution in [0.1, 0.15) is 25.7 Å². The maximum absolute atomic E-state index is 11.3. The van der Waals surface area contributed by atoms with E-state index in [0.717, 1.165) is 19.4 Å². The van der Waals surface area contributed by atoms with Gasteiger partial charge in [0.25, 0.3) is 0 Å². The third-order valence-electron chi connectivity index (χ3n) is 3.48. The Labute approximate surface area is 102 Å². The highest BCUT2D eigenvalue weighted by Crippen LogP contribution is 2.17. The van der Waals surface area contributed by atoms with E-state index in [2.05, 4.69) is 5.32 Å². The highest BCUT2D eigenvalue weighted by molar-refractivity contribution is 7.91. The highest BCUT2D eigenvalue weighted by atomic mass is 32.2. The summed E-state index contributed by atoms with van der Waals surface area (Å²) in [6, 6.07) is 0.485. The molecular weight excluding hydrogens is 242 g/mol. The van der Waals surface area contributed by atoms with E-state index in [1.165, 1.54) is 12.8 Å². The van der Waals surface area contributed by atoms with Gasteiger partial charge in [0.2, 0.25) is 0 Å². The Kier molecular flexibility index (Phi) is 4.41. The average molecular weight is 263 g/mol. The number of ether oxygens (including phenoxy) is 1. The third kappa shape index (κ3) is 3.91. The molecule has 0 spiro atoms. The maximum atomic E-state index is 11.3. The van der Waals surface area contributed by atoms with Crippen molar-refractivity contribution in [1.29, 1.82) is 0 Å². The molecule has 3 atom stereocenters. The van der Waals surface area contributed by atoms with E-state index in [1.807, 2.05) is 0 Å². The predicted molar refractivity (Wildman–Crippen MR) is 64.7 cm³/mol. The summed E-state index contributed by atoms with van der Waals surface area (Å²) in [7, 11) is -3.09. The molecule has 5 nitrogen and oxygen atoms in total. The summed E-state index contributed by atoms with van der Waals surface area (Å²) in [5, 5.41) is 13.0. The van der Waals surface area contributed by atoms with Crippen molar-refractivity contribution in [3.05, 3.63) is 0 Å². The molecule has 0 amide bonds. The summed E-state index contributed by atoms with van der Waals surface area (Å²) in [6.07, 6.45) is 3.16. The average Bonchev–Trinajstić information content (AvgIpc) is 2.53. The van der Waals surface area contributed by atoms with Crippen molar-refractivity contribution in [3.8, 4) is 0 Å². The second kappa shape index (κ2) is 5.65. The summed E-state index contributed by atoms with van der Waals surface area (Å²) in [5.74, 6) is -0.189. The van der Waals surface area contributed by atoms with Gasteiger partial charge in [-0.25, -0.2) is 8.42 Å². The first-order chi connectivity index (χ1) is 8.07. The second-order valence-corrected chi connectivity index (χ2v) is 7.14. The van der Waals surface area contributed by atoms with Crippen LogP contribution in [0.2, 0.25) is 0 Å². The van der Waals surface area contributed by atoms with Gasteiger partial charge in [-0.1, -0.05) is 6.42 Å². The van der Waals surface area contributed by atoms with Crippen LogP contribution >= 0.6 is 0 Å². The molecule has 2 N–H and O–H groups in total. The molecule has 0 aromatic heterocycles. The van der Waals surface area contributed by atoms with E-state index in [0.29, 0.717) is 12.6 Å². The van der Waals surface area contributed by atoms with Gasteiger partial charge in [-0.3, -0.25) is 0 Å². The molecule has 2 aliphatic heterocycles. The summed E-state index contributed by atoms with van der Waals surface area (Å²) in [4.78, 5) is 0. The van der Waals surface area contributed by atoms with Crippen molar-refractivity contribution in [2.24, 2.45) is 0 Å². The molecular formula is C11H21NO4S. The molecule has 0 bridgehead atoms. The smallest absolute Gasteiger partial charge is 0.155 e. The zero-order valence-corrected chi connectivity index (χ0v) is 10.8. The lowest BCUT2D eigenvalue weighted by Gasteiger charge is -2.24. The molecule has 6 heteroatoms. The van der Waals surface area contributed by atoms with Gasteiger partial charge in [0, 0.05) is 12.6 Å². The quantitative estimate of drug-likeness (QED) is 0.728. The minimum Gasteiger partial charge on any atom is -0.389 e. The van der Waals surface area contributed by atoms with Gasteiger partial charge in [0.15, 0.2) is 9.84 Å². The Balaban J connectivity index is 1.68. The third-order valence-corrected chi connectivity index (χ3v) is 5.17. The predicted octanol–water partition coefficient (Wildman–Crippen LogP) is -0.307. The topological polar surface area (TPSA) is 75.6 Å². The van der Waals surface area contributed by atoms with Crippen LogP contribution in [0.25, 0.3) is 0 Å². The van der Waals surface area contributed by atoms with E-state index in [1.54, 1.807) is 0 Å².